The summed E-state index contributed by atoms with van der Waals surface area (Å²) in [5, 5.41) is 15.6. The van der Waals surface area contributed by atoms with Gasteiger partial charge in [-0.1, -0.05) is 17.3 Å². The van der Waals surface area contributed by atoms with Gasteiger partial charge in [0.05, 0.1) is 13.0 Å². The molecule has 2 aromatic rings. The number of benzene rings is 1. The number of nitrogens with one attached hydrogen (secondary N) is 2. The molecule has 0 unspecified atom stereocenters. The van der Waals surface area contributed by atoms with E-state index in [-0.39, 0.29) is 24.6 Å². The van der Waals surface area contributed by atoms with E-state index in [4.69, 9.17) is 0 Å². The molecule has 0 aliphatic rings. The molecule has 9 heteroatoms. The van der Waals surface area contributed by atoms with Gasteiger partial charge in [-0.25, -0.2) is 0 Å². The number of carbonyl (C=O) groups is 1. The number of nitrogens with zero attached hydrogens (tertiary/aromatic N) is 3. The van der Waals surface area contributed by atoms with Gasteiger partial charge in [-0.2, -0.15) is 14.0 Å². The van der Waals surface area contributed by atoms with Crippen LogP contribution in [0, 0.1) is 0 Å². The smallest absolute Gasteiger partial charge is 0.387 e. The molecule has 0 saturated heterocycles. The van der Waals surface area contributed by atoms with Crippen molar-refractivity contribution in [2.45, 2.75) is 19.6 Å². The van der Waals surface area contributed by atoms with E-state index < -0.39 is 6.61 Å². The molecular weight excluding hydrogens is 272 g/mol. The molecule has 0 saturated carbocycles. The van der Waals surface area contributed by atoms with Crippen molar-refractivity contribution in [2.24, 2.45) is 0 Å². The first-order chi connectivity index (χ1) is 9.63. The minimum atomic E-state index is -2.86. The molecule has 0 spiro atoms. The van der Waals surface area contributed by atoms with Crippen molar-refractivity contribution in [3.05, 3.63) is 35.7 Å². The van der Waals surface area contributed by atoms with Crippen LogP contribution in [0.3, 0.4) is 0 Å². The summed E-state index contributed by atoms with van der Waals surface area (Å²) in [7, 11) is 0. The summed E-state index contributed by atoms with van der Waals surface area (Å²) in [6.07, 6.45) is 0.118. The first kappa shape index (κ1) is 13.8. The lowest BCUT2D eigenvalue weighted by Gasteiger charge is -2.06. The predicted octanol–water partition coefficient (Wildman–Crippen LogP) is 0.660. The maximum absolute atomic E-state index is 12.0. The molecule has 1 heterocycles. The first-order valence-corrected chi connectivity index (χ1v) is 5.66. The highest BCUT2D eigenvalue weighted by Gasteiger charge is 2.07. The van der Waals surface area contributed by atoms with E-state index in [2.05, 4.69) is 30.7 Å². The highest BCUT2D eigenvalue weighted by Crippen LogP contribution is 2.15. The molecule has 106 valence electrons. The molecule has 1 aromatic heterocycles. The molecule has 0 atom stereocenters. The van der Waals surface area contributed by atoms with Crippen LogP contribution >= 0.6 is 0 Å². The van der Waals surface area contributed by atoms with Crippen LogP contribution in [-0.4, -0.2) is 33.1 Å². The second-order valence-corrected chi connectivity index (χ2v) is 3.80. The zero-order valence-electron chi connectivity index (χ0n) is 10.2. The number of alkyl halides is 2. The quantitative estimate of drug-likeness (QED) is 0.812. The Balaban J connectivity index is 1.81. The second kappa shape index (κ2) is 6.55. The van der Waals surface area contributed by atoms with Crippen LogP contribution in [0.5, 0.6) is 5.75 Å². The van der Waals surface area contributed by atoms with E-state index in [0.717, 1.165) is 0 Å². The normalized spacial score (nSPS) is 10.6. The fourth-order valence-corrected chi connectivity index (χ4v) is 1.47. The standard InChI is InChI=1S/C11H11F2N5O2/c12-11(13)20-8-3-1-7(2-4-8)5-10(19)14-6-9-15-17-18-16-9/h1-4,11H,5-6H2,(H,14,19)(H,15,16,17,18). The SMILES string of the molecule is O=C(Cc1ccc(OC(F)F)cc1)NCc1nn[nH]n1. The minimum absolute atomic E-state index is 0.0518. The maximum atomic E-state index is 12.0. The molecule has 0 bridgehead atoms. The monoisotopic (exact) mass is 283 g/mol. The van der Waals surface area contributed by atoms with Crippen LogP contribution < -0.4 is 10.1 Å². The van der Waals surface area contributed by atoms with Gasteiger partial charge in [-0.05, 0) is 17.7 Å². The predicted molar refractivity (Wildman–Crippen MR) is 62.8 cm³/mol. The number of aromatic nitrogens is 4. The number of halogens is 2. The number of carbonyl (C=O) groups excluding carboxylic acids is 1. The third-order valence-electron chi connectivity index (χ3n) is 2.35. The van der Waals surface area contributed by atoms with Gasteiger partial charge in [-0.3, -0.25) is 4.79 Å². The summed E-state index contributed by atoms with van der Waals surface area (Å²) in [5.41, 5.74) is 0.678. The summed E-state index contributed by atoms with van der Waals surface area (Å²) in [6.45, 7) is -2.69. The fourth-order valence-electron chi connectivity index (χ4n) is 1.47. The van der Waals surface area contributed by atoms with Crippen molar-refractivity contribution >= 4 is 5.91 Å². The van der Waals surface area contributed by atoms with Gasteiger partial charge in [-0.15, -0.1) is 10.2 Å². The van der Waals surface area contributed by atoms with Crippen LogP contribution in [0.25, 0.3) is 0 Å². The molecule has 0 fully saturated rings. The number of hydrogen-bond acceptors (Lipinski definition) is 5. The van der Waals surface area contributed by atoms with Gasteiger partial charge < -0.3 is 10.1 Å². The van der Waals surface area contributed by atoms with Crippen molar-refractivity contribution in [3.63, 3.8) is 0 Å². The van der Waals surface area contributed by atoms with Crippen LogP contribution in [0.15, 0.2) is 24.3 Å². The number of ether oxygens (including phenoxy) is 1. The fraction of sp³-hybridized carbons (Fsp3) is 0.273. The molecule has 0 aliphatic heterocycles. The molecule has 20 heavy (non-hydrogen) atoms. The zero-order chi connectivity index (χ0) is 14.4. The Labute approximate surface area is 112 Å². The number of rotatable bonds is 6. The largest absolute Gasteiger partial charge is 0.435 e. The lowest BCUT2D eigenvalue weighted by molar-refractivity contribution is -0.120. The van der Waals surface area contributed by atoms with Crippen molar-refractivity contribution in [3.8, 4) is 5.75 Å². The Hall–Kier alpha value is -2.58. The van der Waals surface area contributed by atoms with E-state index >= 15 is 0 Å². The Bertz CT molecular complexity index is 544. The number of hydrogen-bond donors (Lipinski definition) is 2. The van der Waals surface area contributed by atoms with Crippen LogP contribution in [-0.2, 0) is 17.8 Å². The average molecular weight is 283 g/mol. The van der Waals surface area contributed by atoms with Crippen molar-refractivity contribution in [1.82, 2.24) is 25.9 Å². The van der Waals surface area contributed by atoms with Crippen LogP contribution in [0.4, 0.5) is 8.78 Å². The van der Waals surface area contributed by atoms with Crippen molar-refractivity contribution in [2.75, 3.05) is 0 Å². The summed E-state index contributed by atoms with van der Waals surface area (Å²) in [5.74, 6) is 0.187. The number of H-pyrrole nitrogens is 1. The van der Waals surface area contributed by atoms with Gasteiger partial charge in [0, 0.05) is 0 Å². The van der Waals surface area contributed by atoms with Crippen LogP contribution in [0.1, 0.15) is 11.4 Å². The van der Waals surface area contributed by atoms with Crippen molar-refractivity contribution in [1.29, 1.82) is 0 Å². The van der Waals surface area contributed by atoms with E-state index in [1.807, 2.05) is 0 Å². The first-order valence-electron chi connectivity index (χ1n) is 5.66. The Kier molecular flexibility index (Phi) is 4.53. The van der Waals surface area contributed by atoms with Gasteiger partial charge in [0.2, 0.25) is 5.91 Å². The summed E-state index contributed by atoms with van der Waals surface area (Å²) in [6, 6.07) is 5.86. The highest BCUT2D eigenvalue weighted by molar-refractivity contribution is 5.78. The average Bonchev–Trinajstić information content (AvgIpc) is 2.91. The van der Waals surface area contributed by atoms with Gasteiger partial charge in [0.1, 0.15) is 5.75 Å². The van der Waals surface area contributed by atoms with E-state index in [1.54, 1.807) is 12.1 Å². The van der Waals surface area contributed by atoms with Gasteiger partial charge >= 0.3 is 6.61 Å². The molecule has 0 aliphatic carbocycles. The molecular formula is C11H11F2N5O2. The Morgan fingerprint density at radius 1 is 1.35 bits per heavy atom. The molecule has 7 nitrogen and oxygen atoms in total. The Morgan fingerprint density at radius 2 is 2.10 bits per heavy atom. The summed E-state index contributed by atoms with van der Waals surface area (Å²) in [4.78, 5) is 11.6. The maximum Gasteiger partial charge on any atom is 0.387 e. The third-order valence-corrected chi connectivity index (χ3v) is 2.35. The second-order valence-electron chi connectivity index (χ2n) is 3.80. The topological polar surface area (TPSA) is 92.8 Å². The van der Waals surface area contributed by atoms with E-state index in [0.29, 0.717) is 11.4 Å². The molecule has 2 N–H and O–H groups in total. The van der Waals surface area contributed by atoms with Gasteiger partial charge in [0.15, 0.2) is 5.82 Å². The van der Waals surface area contributed by atoms with Crippen molar-refractivity contribution < 1.29 is 18.3 Å². The lowest BCUT2D eigenvalue weighted by Crippen LogP contribution is -2.25. The molecule has 1 aromatic carbocycles. The third kappa shape index (κ3) is 4.26. The number of amides is 1. The summed E-state index contributed by atoms with van der Waals surface area (Å²) < 4.78 is 28.1. The van der Waals surface area contributed by atoms with E-state index in [9.17, 15) is 13.6 Å². The Morgan fingerprint density at radius 3 is 2.70 bits per heavy atom. The van der Waals surface area contributed by atoms with Crippen LogP contribution in [0.2, 0.25) is 0 Å². The molecule has 1 amide bonds. The minimum Gasteiger partial charge on any atom is -0.435 e. The van der Waals surface area contributed by atoms with E-state index in [1.165, 1.54) is 12.1 Å². The lowest BCUT2D eigenvalue weighted by atomic mass is 10.1. The highest BCUT2D eigenvalue weighted by atomic mass is 19.3. The zero-order valence-corrected chi connectivity index (χ0v) is 10.2. The summed E-state index contributed by atoms with van der Waals surface area (Å²) >= 11 is 0. The number of tetrazole rings is 1. The molecule has 0 radical (unpaired) electrons. The van der Waals surface area contributed by atoms with Gasteiger partial charge in [0.25, 0.3) is 0 Å². The number of aromatic amines is 1. The molecule has 2 rings (SSSR count).